The average molecular weight is 413 g/mol. The molecule has 0 aliphatic heterocycles. The van der Waals surface area contributed by atoms with E-state index in [1.54, 1.807) is 14.0 Å². The summed E-state index contributed by atoms with van der Waals surface area (Å²) in [6.07, 6.45) is 0.698. The van der Waals surface area contributed by atoms with Gasteiger partial charge in [0, 0.05) is 32.2 Å². The molecule has 0 atom stereocenters. The van der Waals surface area contributed by atoms with Gasteiger partial charge in [0.1, 0.15) is 11.4 Å². The highest BCUT2D eigenvalue weighted by molar-refractivity contribution is 7.89. The summed E-state index contributed by atoms with van der Waals surface area (Å²) >= 11 is 0. The summed E-state index contributed by atoms with van der Waals surface area (Å²) in [6.45, 7) is 12.1. The van der Waals surface area contributed by atoms with Gasteiger partial charge in [-0.3, -0.25) is 0 Å². The number of nitrogens with one attached hydrogen (secondary N) is 2. The van der Waals surface area contributed by atoms with Gasteiger partial charge >= 0.3 is 0 Å². The number of benzene rings is 1. The molecule has 0 aliphatic rings. The number of hydrogen-bond acceptors (Lipinski definition) is 4. The van der Waals surface area contributed by atoms with Crippen LogP contribution in [0.1, 0.15) is 46.6 Å². The first-order valence-corrected chi connectivity index (χ1v) is 11.4. The number of nitrogens with zero attached hydrogens (tertiary/aromatic N) is 2. The van der Waals surface area contributed by atoms with Gasteiger partial charge in [0.2, 0.25) is 10.0 Å². The lowest BCUT2D eigenvalue weighted by molar-refractivity contribution is 0.129. The molecule has 0 aromatic heterocycles. The first kappa shape index (κ1) is 24.2. The smallest absolute Gasteiger partial charge is 0.213 e. The van der Waals surface area contributed by atoms with Gasteiger partial charge in [-0.15, -0.1) is 0 Å². The van der Waals surface area contributed by atoms with Crippen molar-refractivity contribution in [1.29, 1.82) is 0 Å². The van der Waals surface area contributed by atoms with Crippen molar-refractivity contribution < 1.29 is 13.2 Å². The van der Waals surface area contributed by atoms with Crippen molar-refractivity contribution in [3.05, 3.63) is 29.8 Å². The van der Waals surface area contributed by atoms with E-state index in [4.69, 9.17) is 4.74 Å². The molecule has 2 N–H and O–H groups in total. The molecule has 0 saturated heterocycles. The summed E-state index contributed by atoms with van der Waals surface area (Å²) < 4.78 is 31.0. The highest BCUT2D eigenvalue weighted by atomic mass is 32.2. The molecule has 28 heavy (non-hydrogen) atoms. The van der Waals surface area contributed by atoms with E-state index in [1.165, 1.54) is 4.31 Å². The average Bonchev–Trinajstić information content (AvgIpc) is 2.62. The topological polar surface area (TPSA) is 83.0 Å². The van der Waals surface area contributed by atoms with Crippen molar-refractivity contribution in [3.8, 4) is 5.75 Å². The largest absolute Gasteiger partial charge is 0.488 e. The lowest BCUT2D eigenvalue weighted by atomic mass is 10.1. The van der Waals surface area contributed by atoms with Gasteiger partial charge in [-0.2, -0.15) is 0 Å². The standard InChI is InChI=1S/C20H36N4O3S/c1-7-21-19(22-14-11-15-24(6)28(25,26)8-2)23-16-17-12-9-10-13-18(17)27-20(3,4)5/h9-10,12-13H,7-8,11,14-16H2,1-6H3,(H2,21,22,23). The van der Waals surface area contributed by atoms with Crippen molar-refractivity contribution in [1.82, 2.24) is 14.9 Å². The monoisotopic (exact) mass is 412 g/mol. The Bertz CT molecular complexity index is 727. The molecule has 1 aromatic carbocycles. The molecule has 0 radical (unpaired) electrons. The van der Waals surface area contributed by atoms with E-state index in [0.29, 0.717) is 32.0 Å². The van der Waals surface area contributed by atoms with Crippen LogP contribution in [0.3, 0.4) is 0 Å². The first-order chi connectivity index (χ1) is 13.1. The molecule has 0 heterocycles. The maximum absolute atomic E-state index is 11.8. The Hall–Kier alpha value is -1.80. The van der Waals surface area contributed by atoms with E-state index in [2.05, 4.69) is 15.6 Å². The van der Waals surface area contributed by atoms with Crippen molar-refractivity contribution in [2.24, 2.45) is 4.99 Å². The van der Waals surface area contributed by atoms with Crippen LogP contribution in [0.2, 0.25) is 0 Å². The zero-order chi connectivity index (χ0) is 21.2. The Kier molecular flexibility index (Phi) is 9.75. The van der Waals surface area contributed by atoms with Crippen LogP contribution in [0.15, 0.2) is 29.3 Å². The predicted molar refractivity (Wildman–Crippen MR) is 116 cm³/mol. The highest BCUT2D eigenvalue weighted by Gasteiger charge is 2.15. The van der Waals surface area contributed by atoms with Crippen LogP contribution in [-0.4, -0.2) is 56.7 Å². The van der Waals surface area contributed by atoms with Crippen molar-refractivity contribution in [2.45, 2.75) is 53.2 Å². The van der Waals surface area contributed by atoms with Crippen molar-refractivity contribution in [3.63, 3.8) is 0 Å². The summed E-state index contributed by atoms with van der Waals surface area (Å²) in [4.78, 5) is 4.64. The minimum Gasteiger partial charge on any atom is -0.488 e. The van der Waals surface area contributed by atoms with Gasteiger partial charge in [-0.25, -0.2) is 17.7 Å². The van der Waals surface area contributed by atoms with Crippen molar-refractivity contribution in [2.75, 3.05) is 32.4 Å². The number of sulfonamides is 1. The number of aliphatic imine (C=N–C) groups is 1. The summed E-state index contributed by atoms with van der Waals surface area (Å²) in [7, 11) is -1.51. The van der Waals surface area contributed by atoms with Gasteiger partial charge in [-0.05, 0) is 47.1 Å². The molecule has 7 nitrogen and oxygen atoms in total. The summed E-state index contributed by atoms with van der Waals surface area (Å²) in [6, 6.07) is 7.91. The Labute approximate surface area is 170 Å². The first-order valence-electron chi connectivity index (χ1n) is 9.82. The Balaban J connectivity index is 2.66. The third kappa shape index (κ3) is 8.93. The zero-order valence-electron chi connectivity index (χ0n) is 18.1. The fourth-order valence-electron chi connectivity index (χ4n) is 2.44. The predicted octanol–water partition coefficient (Wildman–Crippen LogP) is 2.59. The second kappa shape index (κ2) is 11.3. The zero-order valence-corrected chi connectivity index (χ0v) is 18.9. The molecule has 160 valence electrons. The SMILES string of the molecule is CCNC(=NCc1ccccc1OC(C)(C)C)NCCCN(C)S(=O)(=O)CC. The van der Waals surface area contributed by atoms with Crippen LogP contribution in [0, 0.1) is 0 Å². The van der Waals surface area contributed by atoms with E-state index < -0.39 is 10.0 Å². The summed E-state index contributed by atoms with van der Waals surface area (Å²) in [5, 5.41) is 6.48. The van der Waals surface area contributed by atoms with Gasteiger partial charge in [-0.1, -0.05) is 18.2 Å². The number of ether oxygens (including phenoxy) is 1. The molecule has 0 aliphatic carbocycles. The molecule has 0 fully saturated rings. The molecule has 8 heteroatoms. The van der Waals surface area contributed by atoms with Gasteiger partial charge in [0.15, 0.2) is 5.96 Å². The molecule has 0 bridgehead atoms. The minimum atomic E-state index is -3.13. The second-order valence-electron chi connectivity index (χ2n) is 7.52. The van der Waals surface area contributed by atoms with Gasteiger partial charge < -0.3 is 15.4 Å². The van der Waals surface area contributed by atoms with E-state index in [0.717, 1.165) is 17.9 Å². The van der Waals surface area contributed by atoms with Crippen molar-refractivity contribution >= 4 is 16.0 Å². The Morgan fingerprint density at radius 3 is 2.46 bits per heavy atom. The van der Waals surface area contributed by atoms with Crippen LogP contribution >= 0.6 is 0 Å². The van der Waals surface area contributed by atoms with Gasteiger partial charge in [0.25, 0.3) is 0 Å². The Morgan fingerprint density at radius 2 is 1.86 bits per heavy atom. The number of rotatable bonds is 10. The maximum Gasteiger partial charge on any atom is 0.213 e. The van der Waals surface area contributed by atoms with Crippen LogP contribution < -0.4 is 15.4 Å². The number of hydrogen-bond donors (Lipinski definition) is 2. The minimum absolute atomic E-state index is 0.122. The Morgan fingerprint density at radius 1 is 1.18 bits per heavy atom. The second-order valence-corrected chi connectivity index (χ2v) is 9.88. The van der Waals surface area contributed by atoms with Crippen LogP contribution in [-0.2, 0) is 16.6 Å². The lowest BCUT2D eigenvalue weighted by Gasteiger charge is -2.23. The quantitative estimate of drug-likeness (QED) is 0.351. The number of guanidine groups is 1. The fraction of sp³-hybridized carbons (Fsp3) is 0.650. The highest BCUT2D eigenvalue weighted by Crippen LogP contribution is 2.23. The van der Waals surface area contributed by atoms with E-state index in [9.17, 15) is 8.42 Å². The molecule has 0 saturated carbocycles. The molecule has 0 spiro atoms. The fourth-order valence-corrected chi connectivity index (χ4v) is 3.29. The van der Waals surface area contributed by atoms with Crippen LogP contribution in [0.4, 0.5) is 0 Å². The number of para-hydroxylation sites is 1. The lowest BCUT2D eigenvalue weighted by Crippen LogP contribution is -2.39. The van der Waals surface area contributed by atoms with Crippen LogP contribution in [0.25, 0.3) is 0 Å². The molecule has 1 aromatic rings. The maximum atomic E-state index is 11.8. The van der Waals surface area contributed by atoms with E-state index in [1.807, 2.05) is 52.0 Å². The molecule has 1 rings (SSSR count). The molecule has 0 amide bonds. The third-order valence-electron chi connectivity index (χ3n) is 3.92. The van der Waals surface area contributed by atoms with Gasteiger partial charge in [0.05, 0.1) is 12.3 Å². The van der Waals surface area contributed by atoms with E-state index >= 15 is 0 Å². The molecule has 0 unspecified atom stereocenters. The van der Waals surface area contributed by atoms with Crippen LogP contribution in [0.5, 0.6) is 5.75 Å². The summed E-state index contributed by atoms with van der Waals surface area (Å²) in [5.74, 6) is 1.66. The molecular formula is C20H36N4O3S. The molecular weight excluding hydrogens is 376 g/mol. The normalized spacial score (nSPS) is 12.9. The van der Waals surface area contributed by atoms with E-state index in [-0.39, 0.29) is 11.4 Å². The summed E-state index contributed by atoms with van der Waals surface area (Å²) in [5.41, 5.74) is 0.747. The third-order valence-corrected chi connectivity index (χ3v) is 5.78.